The standard InChI is InChI=1S/C35H26N2O2/c38-33-35(29-18-10-11-19-31(29)36(33)23-25-12-4-1-5-13-25)30-22-28(27-16-8-3-9-17-27)20-21-32(30)37(34(35)39)24-26-14-6-2-7-15-26/h1-22H,23-24H2. The van der Waals surface area contributed by atoms with Gasteiger partial charge in [0.25, 0.3) is 11.8 Å². The van der Waals surface area contributed by atoms with Gasteiger partial charge in [0.2, 0.25) is 0 Å². The van der Waals surface area contributed by atoms with Gasteiger partial charge in [-0.3, -0.25) is 9.59 Å². The zero-order valence-electron chi connectivity index (χ0n) is 21.3. The van der Waals surface area contributed by atoms with Gasteiger partial charge < -0.3 is 9.80 Å². The summed E-state index contributed by atoms with van der Waals surface area (Å²) in [6.45, 7) is 0.797. The Morgan fingerprint density at radius 2 is 0.949 bits per heavy atom. The number of hydrogen-bond donors (Lipinski definition) is 0. The summed E-state index contributed by atoms with van der Waals surface area (Å²) in [6.07, 6.45) is 0. The number of nitrogens with zero attached hydrogens (tertiary/aromatic N) is 2. The molecule has 5 aromatic carbocycles. The number of rotatable bonds is 5. The van der Waals surface area contributed by atoms with E-state index in [4.69, 9.17) is 0 Å². The fourth-order valence-corrected chi connectivity index (χ4v) is 6.08. The molecule has 2 amide bonds. The minimum absolute atomic E-state index is 0.195. The first-order chi connectivity index (χ1) is 19.2. The van der Waals surface area contributed by atoms with E-state index in [1.54, 1.807) is 9.80 Å². The Morgan fingerprint density at radius 1 is 0.462 bits per heavy atom. The summed E-state index contributed by atoms with van der Waals surface area (Å²) in [5, 5.41) is 0. The van der Waals surface area contributed by atoms with Crippen LogP contribution in [0, 0.1) is 0 Å². The number of benzene rings is 5. The topological polar surface area (TPSA) is 40.6 Å². The molecule has 0 aromatic heterocycles. The SMILES string of the molecule is O=C1N(Cc2ccccc2)c2ccccc2C12C(=O)N(Cc1ccccc1)c1ccc(-c3ccccc3)cc12. The maximum absolute atomic E-state index is 14.7. The zero-order chi connectivity index (χ0) is 26.4. The van der Waals surface area contributed by atoms with Gasteiger partial charge in [0.05, 0.1) is 13.1 Å². The Bertz CT molecular complexity index is 1690. The van der Waals surface area contributed by atoms with Crippen molar-refractivity contribution in [2.24, 2.45) is 0 Å². The number of hydrogen-bond acceptors (Lipinski definition) is 2. The quantitative estimate of drug-likeness (QED) is 0.248. The molecule has 1 spiro atoms. The van der Waals surface area contributed by atoms with Gasteiger partial charge in [-0.1, -0.05) is 115 Å². The van der Waals surface area contributed by atoms with Crippen LogP contribution in [0.4, 0.5) is 11.4 Å². The lowest BCUT2D eigenvalue weighted by atomic mass is 9.75. The first kappa shape index (κ1) is 23.2. The molecule has 188 valence electrons. The van der Waals surface area contributed by atoms with Crippen LogP contribution in [0.25, 0.3) is 11.1 Å². The fraction of sp³-hybridized carbons (Fsp3) is 0.0857. The fourth-order valence-electron chi connectivity index (χ4n) is 6.08. The van der Waals surface area contributed by atoms with Crippen molar-refractivity contribution in [3.63, 3.8) is 0 Å². The van der Waals surface area contributed by atoms with Crippen molar-refractivity contribution in [2.45, 2.75) is 18.5 Å². The van der Waals surface area contributed by atoms with Gasteiger partial charge in [0, 0.05) is 22.5 Å². The van der Waals surface area contributed by atoms with Crippen LogP contribution < -0.4 is 9.80 Å². The Balaban J connectivity index is 1.44. The van der Waals surface area contributed by atoms with E-state index in [1.807, 2.05) is 121 Å². The first-order valence-corrected chi connectivity index (χ1v) is 13.2. The van der Waals surface area contributed by atoms with Crippen molar-refractivity contribution in [3.05, 3.63) is 156 Å². The molecule has 0 bridgehead atoms. The van der Waals surface area contributed by atoms with E-state index in [1.165, 1.54) is 0 Å². The van der Waals surface area contributed by atoms with Gasteiger partial charge in [0.1, 0.15) is 0 Å². The van der Waals surface area contributed by atoms with Crippen LogP contribution in [0.2, 0.25) is 0 Å². The Hall–Kier alpha value is -4.96. The lowest BCUT2D eigenvalue weighted by Crippen LogP contribution is -2.48. The third-order valence-corrected chi connectivity index (χ3v) is 7.90. The highest BCUT2D eigenvalue weighted by Gasteiger charge is 2.63. The molecule has 7 rings (SSSR count). The summed E-state index contributed by atoms with van der Waals surface area (Å²) in [7, 11) is 0. The minimum atomic E-state index is -1.43. The van der Waals surface area contributed by atoms with Crippen LogP contribution in [0.3, 0.4) is 0 Å². The molecule has 2 aliphatic rings. The molecule has 0 saturated heterocycles. The summed E-state index contributed by atoms with van der Waals surface area (Å²) in [5.41, 5.74) is 5.70. The van der Waals surface area contributed by atoms with E-state index in [0.29, 0.717) is 13.1 Å². The van der Waals surface area contributed by atoms with E-state index in [2.05, 4.69) is 12.1 Å². The molecule has 2 aliphatic heterocycles. The van der Waals surface area contributed by atoms with E-state index in [9.17, 15) is 9.59 Å². The molecule has 4 heteroatoms. The summed E-state index contributed by atoms with van der Waals surface area (Å²) >= 11 is 0. The Morgan fingerprint density at radius 3 is 1.54 bits per heavy atom. The third kappa shape index (κ3) is 3.52. The van der Waals surface area contributed by atoms with E-state index in [0.717, 1.165) is 44.8 Å². The Labute approximate surface area is 227 Å². The van der Waals surface area contributed by atoms with Crippen molar-refractivity contribution in [1.82, 2.24) is 0 Å². The predicted octanol–water partition coefficient (Wildman–Crippen LogP) is 6.73. The van der Waals surface area contributed by atoms with Crippen LogP contribution >= 0.6 is 0 Å². The van der Waals surface area contributed by atoms with Gasteiger partial charge in [-0.05, 0) is 40.5 Å². The highest BCUT2D eigenvalue weighted by Crippen LogP contribution is 2.55. The molecule has 5 aromatic rings. The van der Waals surface area contributed by atoms with Crippen molar-refractivity contribution >= 4 is 23.2 Å². The molecular formula is C35H26N2O2. The molecule has 39 heavy (non-hydrogen) atoms. The van der Waals surface area contributed by atoms with Gasteiger partial charge in [-0.15, -0.1) is 0 Å². The second-order valence-electron chi connectivity index (χ2n) is 10.1. The maximum Gasteiger partial charge on any atom is 0.252 e. The maximum atomic E-state index is 14.7. The summed E-state index contributed by atoms with van der Waals surface area (Å²) in [5.74, 6) is -0.390. The lowest BCUT2D eigenvalue weighted by Gasteiger charge is -2.25. The van der Waals surface area contributed by atoms with Crippen LogP contribution in [0.1, 0.15) is 22.3 Å². The first-order valence-electron chi connectivity index (χ1n) is 13.2. The molecular weight excluding hydrogens is 480 g/mol. The van der Waals surface area contributed by atoms with Crippen molar-refractivity contribution in [1.29, 1.82) is 0 Å². The second kappa shape index (κ2) is 9.10. The van der Waals surface area contributed by atoms with Crippen LogP contribution in [-0.2, 0) is 28.1 Å². The van der Waals surface area contributed by atoms with Crippen molar-refractivity contribution < 1.29 is 9.59 Å². The number of anilines is 2. The van der Waals surface area contributed by atoms with Crippen molar-refractivity contribution in [2.75, 3.05) is 9.80 Å². The molecule has 0 aliphatic carbocycles. The molecule has 0 N–H and O–H groups in total. The van der Waals surface area contributed by atoms with Crippen molar-refractivity contribution in [3.8, 4) is 11.1 Å². The number of amides is 2. The zero-order valence-corrected chi connectivity index (χ0v) is 21.3. The number of fused-ring (bicyclic) bond motifs is 4. The summed E-state index contributed by atoms with van der Waals surface area (Å²) in [6, 6.07) is 43.9. The monoisotopic (exact) mass is 506 g/mol. The van der Waals surface area contributed by atoms with E-state index < -0.39 is 5.41 Å². The Kier molecular flexibility index (Phi) is 5.41. The van der Waals surface area contributed by atoms with Crippen LogP contribution in [0.15, 0.2) is 133 Å². The molecule has 0 radical (unpaired) electrons. The minimum Gasteiger partial charge on any atom is -0.306 e. The number of carbonyl (C=O) groups excluding carboxylic acids is 2. The van der Waals surface area contributed by atoms with Gasteiger partial charge in [0.15, 0.2) is 5.41 Å². The lowest BCUT2D eigenvalue weighted by molar-refractivity contribution is -0.131. The largest absolute Gasteiger partial charge is 0.306 e. The normalized spacial score (nSPS) is 17.5. The van der Waals surface area contributed by atoms with Crippen LogP contribution in [-0.4, -0.2) is 11.8 Å². The van der Waals surface area contributed by atoms with Gasteiger partial charge >= 0.3 is 0 Å². The molecule has 0 fully saturated rings. The van der Waals surface area contributed by atoms with E-state index in [-0.39, 0.29) is 11.8 Å². The molecule has 4 nitrogen and oxygen atoms in total. The predicted molar refractivity (Wildman–Crippen MR) is 154 cm³/mol. The average Bonchev–Trinajstić information content (AvgIpc) is 3.39. The van der Waals surface area contributed by atoms with Gasteiger partial charge in [-0.25, -0.2) is 0 Å². The summed E-state index contributed by atoms with van der Waals surface area (Å²) < 4.78 is 0. The second-order valence-corrected chi connectivity index (χ2v) is 10.1. The van der Waals surface area contributed by atoms with E-state index >= 15 is 0 Å². The summed E-state index contributed by atoms with van der Waals surface area (Å²) in [4.78, 5) is 33.0. The molecule has 1 unspecified atom stereocenters. The number of para-hydroxylation sites is 1. The highest BCUT2D eigenvalue weighted by molar-refractivity contribution is 6.31. The molecule has 0 saturated carbocycles. The average molecular weight is 507 g/mol. The number of carbonyl (C=O) groups is 2. The smallest absolute Gasteiger partial charge is 0.252 e. The molecule has 2 heterocycles. The van der Waals surface area contributed by atoms with Gasteiger partial charge in [-0.2, -0.15) is 0 Å². The van der Waals surface area contributed by atoms with Crippen LogP contribution in [0.5, 0.6) is 0 Å². The molecule has 1 atom stereocenters. The highest BCUT2D eigenvalue weighted by atomic mass is 16.2. The third-order valence-electron chi connectivity index (χ3n) is 7.90.